The summed E-state index contributed by atoms with van der Waals surface area (Å²) in [5, 5.41) is 4.18. The summed E-state index contributed by atoms with van der Waals surface area (Å²) in [5.41, 5.74) is 2.30. The van der Waals surface area contributed by atoms with Gasteiger partial charge in [0.1, 0.15) is 12.3 Å². The minimum atomic E-state index is -0.212. The lowest BCUT2D eigenvalue weighted by Crippen LogP contribution is -2.40. The molecule has 1 atom stereocenters. The fraction of sp³-hybridized carbons (Fsp3) is 0.318. The molecule has 0 bridgehead atoms. The summed E-state index contributed by atoms with van der Waals surface area (Å²) >= 11 is 6.14. The van der Waals surface area contributed by atoms with E-state index >= 15 is 0 Å². The van der Waals surface area contributed by atoms with Gasteiger partial charge < -0.3 is 15.0 Å². The molecule has 1 aliphatic rings. The molecule has 8 heteroatoms. The van der Waals surface area contributed by atoms with Crippen LogP contribution in [0.4, 0.5) is 5.69 Å². The average Bonchev–Trinajstić information content (AvgIpc) is 3.18. The molecule has 0 radical (unpaired) electrons. The van der Waals surface area contributed by atoms with Gasteiger partial charge in [0.25, 0.3) is 5.56 Å². The van der Waals surface area contributed by atoms with E-state index in [1.165, 1.54) is 10.9 Å². The van der Waals surface area contributed by atoms with E-state index in [9.17, 15) is 9.59 Å². The molecular weight excluding hydrogens is 404 g/mol. The summed E-state index contributed by atoms with van der Waals surface area (Å²) < 4.78 is 6.78. The van der Waals surface area contributed by atoms with Crippen molar-refractivity contribution in [3.63, 3.8) is 0 Å². The Bertz CT molecular complexity index is 1160. The lowest BCUT2D eigenvalue weighted by molar-refractivity contribution is -0.122. The van der Waals surface area contributed by atoms with Gasteiger partial charge in [-0.05, 0) is 43.2 Å². The van der Waals surface area contributed by atoms with Gasteiger partial charge in [-0.3, -0.25) is 14.2 Å². The number of rotatable bonds is 5. The zero-order valence-corrected chi connectivity index (χ0v) is 17.6. The number of nitrogens with zero attached hydrogens (tertiary/aromatic N) is 3. The van der Waals surface area contributed by atoms with E-state index in [1.54, 1.807) is 19.2 Å². The summed E-state index contributed by atoms with van der Waals surface area (Å²) in [7, 11) is 1.62. The number of benzene rings is 2. The highest BCUT2D eigenvalue weighted by Gasteiger charge is 2.26. The standard InChI is InChI=1S/C22H23ClN4O3/c1-14-4-3-5-17-21(14)24-13-27(22(17)29)12-20(28)25-16-8-9-26(11-16)18-10-15(23)6-7-19(18)30-2/h3-7,10,13,16H,8-9,11-12H2,1-2H3,(H,25,28). The van der Waals surface area contributed by atoms with Gasteiger partial charge in [0.05, 0.1) is 30.0 Å². The molecule has 2 heterocycles. The van der Waals surface area contributed by atoms with Crippen molar-refractivity contribution in [2.75, 3.05) is 25.1 Å². The topological polar surface area (TPSA) is 76.5 Å². The summed E-state index contributed by atoms with van der Waals surface area (Å²) in [6.07, 6.45) is 2.24. The summed E-state index contributed by atoms with van der Waals surface area (Å²) in [6, 6.07) is 10.9. The van der Waals surface area contributed by atoms with Crippen molar-refractivity contribution in [3.8, 4) is 5.75 Å². The number of methoxy groups -OCH3 is 1. The zero-order valence-electron chi connectivity index (χ0n) is 16.9. The Morgan fingerprint density at radius 1 is 1.33 bits per heavy atom. The number of ether oxygens (including phenoxy) is 1. The maximum Gasteiger partial charge on any atom is 0.261 e. The second-order valence-electron chi connectivity index (χ2n) is 7.46. The normalized spacial score (nSPS) is 16.1. The van der Waals surface area contributed by atoms with Crippen LogP contribution in [-0.4, -0.2) is 41.7 Å². The third-order valence-corrected chi connectivity index (χ3v) is 5.64. The van der Waals surface area contributed by atoms with Crippen molar-refractivity contribution in [3.05, 3.63) is 63.7 Å². The molecule has 4 rings (SSSR count). The molecule has 156 valence electrons. The van der Waals surface area contributed by atoms with Gasteiger partial charge in [-0.2, -0.15) is 0 Å². The number of fused-ring (bicyclic) bond motifs is 1. The number of nitrogens with one attached hydrogen (secondary N) is 1. The van der Waals surface area contributed by atoms with Crippen LogP contribution in [0.5, 0.6) is 5.75 Å². The Hall–Kier alpha value is -3.06. The fourth-order valence-corrected chi connectivity index (χ4v) is 4.05. The van der Waals surface area contributed by atoms with Gasteiger partial charge in [0, 0.05) is 24.2 Å². The molecule has 0 spiro atoms. The number of hydrogen-bond acceptors (Lipinski definition) is 5. The third kappa shape index (κ3) is 3.98. The molecule has 1 fully saturated rings. The van der Waals surface area contributed by atoms with Crippen molar-refractivity contribution < 1.29 is 9.53 Å². The lowest BCUT2D eigenvalue weighted by Gasteiger charge is -2.22. The molecular formula is C22H23ClN4O3. The highest BCUT2D eigenvalue weighted by molar-refractivity contribution is 6.30. The van der Waals surface area contributed by atoms with E-state index in [0.29, 0.717) is 22.5 Å². The van der Waals surface area contributed by atoms with E-state index in [1.807, 2.05) is 31.2 Å². The minimum Gasteiger partial charge on any atom is -0.495 e. The molecule has 0 saturated carbocycles. The number of hydrogen-bond donors (Lipinski definition) is 1. The van der Waals surface area contributed by atoms with Crippen molar-refractivity contribution in [2.45, 2.75) is 25.9 Å². The van der Waals surface area contributed by atoms with E-state index in [2.05, 4.69) is 15.2 Å². The second-order valence-corrected chi connectivity index (χ2v) is 7.90. The van der Waals surface area contributed by atoms with Crippen LogP contribution in [0.15, 0.2) is 47.5 Å². The van der Waals surface area contributed by atoms with E-state index in [4.69, 9.17) is 16.3 Å². The smallest absolute Gasteiger partial charge is 0.261 e. The number of carbonyl (C=O) groups excluding carboxylic acids is 1. The summed E-state index contributed by atoms with van der Waals surface area (Å²) in [6.45, 7) is 3.27. The molecule has 1 N–H and O–H groups in total. The molecule has 7 nitrogen and oxygen atoms in total. The second kappa shape index (κ2) is 8.36. The quantitative estimate of drug-likeness (QED) is 0.678. The number of anilines is 1. The molecule has 1 unspecified atom stereocenters. The number of carbonyl (C=O) groups is 1. The number of halogens is 1. The monoisotopic (exact) mass is 426 g/mol. The van der Waals surface area contributed by atoms with Crippen molar-refractivity contribution in [1.82, 2.24) is 14.9 Å². The molecule has 1 aliphatic heterocycles. The highest BCUT2D eigenvalue weighted by atomic mass is 35.5. The van der Waals surface area contributed by atoms with Crippen LogP contribution < -0.4 is 20.5 Å². The van der Waals surface area contributed by atoms with E-state index in [-0.39, 0.29) is 24.1 Å². The predicted molar refractivity (Wildman–Crippen MR) is 118 cm³/mol. The first-order valence-corrected chi connectivity index (χ1v) is 10.2. The number of para-hydroxylation sites is 1. The van der Waals surface area contributed by atoms with Crippen molar-refractivity contribution >= 4 is 34.1 Å². The van der Waals surface area contributed by atoms with Crippen LogP contribution in [-0.2, 0) is 11.3 Å². The number of amides is 1. The Balaban J connectivity index is 1.43. The van der Waals surface area contributed by atoms with Gasteiger partial charge in [0.2, 0.25) is 5.91 Å². The molecule has 3 aromatic rings. The van der Waals surface area contributed by atoms with E-state index < -0.39 is 0 Å². The van der Waals surface area contributed by atoms with Crippen LogP contribution >= 0.6 is 11.6 Å². The first-order chi connectivity index (χ1) is 14.5. The van der Waals surface area contributed by atoms with Crippen molar-refractivity contribution in [2.24, 2.45) is 0 Å². The zero-order chi connectivity index (χ0) is 21.3. The Morgan fingerprint density at radius 2 is 2.17 bits per heavy atom. The Morgan fingerprint density at radius 3 is 2.97 bits per heavy atom. The Kier molecular flexibility index (Phi) is 5.63. The van der Waals surface area contributed by atoms with Gasteiger partial charge >= 0.3 is 0 Å². The lowest BCUT2D eigenvalue weighted by atomic mass is 10.1. The van der Waals surface area contributed by atoms with Crippen molar-refractivity contribution in [1.29, 1.82) is 0 Å². The summed E-state index contributed by atoms with van der Waals surface area (Å²) in [4.78, 5) is 31.8. The van der Waals surface area contributed by atoms with Gasteiger partial charge in [0.15, 0.2) is 0 Å². The molecule has 1 aromatic heterocycles. The minimum absolute atomic E-state index is 0.0208. The first-order valence-electron chi connectivity index (χ1n) is 9.79. The third-order valence-electron chi connectivity index (χ3n) is 5.40. The van der Waals surface area contributed by atoms with Crippen LogP contribution in [0.3, 0.4) is 0 Å². The summed E-state index contributed by atoms with van der Waals surface area (Å²) in [5.74, 6) is 0.534. The van der Waals surface area contributed by atoms with Crippen LogP contribution in [0.1, 0.15) is 12.0 Å². The molecule has 0 aliphatic carbocycles. The highest BCUT2D eigenvalue weighted by Crippen LogP contribution is 2.33. The SMILES string of the molecule is COc1ccc(Cl)cc1N1CCC(NC(=O)Cn2cnc3c(C)cccc3c2=O)C1. The first kappa shape index (κ1) is 20.2. The van der Waals surface area contributed by atoms with Gasteiger partial charge in [-0.1, -0.05) is 23.7 Å². The van der Waals surface area contributed by atoms with Crippen LogP contribution in [0, 0.1) is 6.92 Å². The largest absolute Gasteiger partial charge is 0.495 e. The van der Waals surface area contributed by atoms with Crippen LogP contribution in [0.25, 0.3) is 10.9 Å². The molecule has 30 heavy (non-hydrogen) atoms. The molecule has 1 amide bonds. The van der Waals surface area contributed by atoms with E-state index in [0.717, 1.165) is 30.0 Å². The number of aromatic nitrogens is 2. The molecule has 2 aromatic carbocycles. The molecule has 1 saturated heterocycles. The van der Waals surface area contributed by atoms with Gasteiger partial charge in [-0.15, -0.1) is 0 Å². The average molecular weight is 427 g/mol. The fourth-order valence-electron chi connectivity index (χ4n) is 3.89. The van der Waals surface area contributed by atoms with Gasteiger partial charge in [-0.25, -0.2) is 4.98 Å². The maximum atomic E-state index is 12.7. The van der Waals surface area contributed by atoms with Crippen LogP contribution in [0.2, 0.25) is 5.02 Å². The predicted octanol–water partition coefficient (Wildman–Crippen LogP) is 2.76. The Labute approximate surface area is 179 Å². The maximum absolute atomic E-state index is 12.7. The number of aryl methyl sites for hydroxylation is 1.